The van der Waals surface area contributed by atoms with Crippen LogP contribution < -0.4 is 0 Å². The molecule has 0 heterocycles. The molecule has 1 aromatic rings. The Morgan fingerprint density at radius 3 is 2.60 bits per heavy atom. The zero-order valence-electron chi connectivity index (χ0n) is 9.18. The molecule has 0 aliphatic rings. The van der Waals surface area contributed by atoms with Crippen molar-refractivity contribution in [2.45, 2.75) is 38.5 Å². The highest BCUT2D eigenvalue weighted by Crippen LogP contribution is 2.29. The van der Waals surface area contributed by atoms with Crippen molar-refractivity contribution in [2.24, 2.45) is 0 Å². The molecular formula is C13H18BrCl. The van der Waals surface area contributed by atoms with Crippen LogP contribution in [0.3, 0.4) is 0 Å². The van der Waals surface area contributed by atoms with Gasteiger partial charge in [-0.3, -0.25) is 0 Å². The first-order valence-corrected chi connectivity index (χ1v) is 6.92. The lowest BCUT2D eigenvalue weighted by Crippen LogP contribution is -2.01. The Morgan fingerprint density at radius 2 is 2.00 bits per heavy atom. The first-order chi connectivity index (χ1) is 7.29. The van der Waals surface area contributed by atoms with E-state index in [-0.39, 0.29) is 0 Å². The van der Waals surface area contributed by atoms with E-state index >= 15 is 0 Å². The summed E-state index contributed by atoms with van der Waals surface area (Å²) >= 11 is 9.62. The molecule has 0 fully saturated rings. The highest BCUT2D eigenvalue weighted by atomic mass is 79.9. The fourth-order valence-corrected chi connectivity index (χ4v) is 2.69. The number of rotatable bonds is 6. The Hall–Kier alpha value is -0.0100. The molecule has 0 saturated heterocycles. The number of benzene rings is 1. The number of halogens is 2. The number of alkyl halides is 1. The summed E-state index contributed by atoms with van der Waals surface area (Å²) in [7, 11) is 0. The van der Waals surface area contributed by atoms with Crippen molar-refractivity contribution >= 4 is 27.5 Å². The highest BCUT2D eigenvalue weighted by molar-refractivity contribution is 9.10. The van der Waals surface area contributed by atoms with E-state index in [0.29, 0.717) is 11.8 Å². The quantitative estimate of drug-likeness (QED) is 0.489. The molecule has 0 amide bonds. The molecule has 0 radical (unpaired) electrons. The highest BCUT2D eigenvalue weighted by Gasteiger charge is 2.12. The monoisotopic (exact) mass is 288 g/mol. The molecule has 0 aromatic heterocycles. The average molecular weight is 290 g/mol. The molecular weight excluding hydrogens is 272 g/mol. The summed E-state index contributed by atoms with van der Waals surface area (Å²) in [4.78, 5) is 0. The minimum atomic E-state index is 0.494. The third-order valence-electron chi connectivity index (χ3n) is 2.69. The topological polar surface area (TPSA) is 0 Å². The van der Waals surface area contributed by atoms with Crippen LogP contribution in [0.25, 0.3) is 0 Å². The van der Waals surface area contributed by atoms with Crippen LogP contribution in [0.5, 0.6) is 0 Å². The summed E-state index contributed by atoms with van der Waals surface area (Å²) in [5.41, 5.74) is 1.35. The molecule has 1 unspecified atom stereocenters. The molecule has 0 aliphatic carbocycles. The number of unbranched alkanes of at least 4 members (excludes halogenated alkanes) is 2. The van der Waals surface area contributed by atoms with E-state index in [1.165, 1.54) is 35.7 Å². The van der Waals surface area contributed by atoms with Gasteiger partial charge in [0.05, 0.1) is 0 Å². The zero-order chi connectivity index (χ0) is 11.1. The molecule has 15 heavy (non-hydrogen) atoms. The second kappa shape index (κ2) is 7.29. The van der Waals surface area contributed by atoms with Gasteiger partial charge < -0.3 is 0 Å². The normalized spacial score (nSPS) is 12.7. The van der Waals surface area contributed by atoms with Crippen molar-refractivity contribution in [3.05, 3.63) is 34.3 Å². The van der Waals surface area contributed by atoms with Crippen molar-refractivity contribution in [1.82, 2.24) is 0 Å². The summed E-state index contributed by atoms with van der Waals surface area (Å²) in [5.74, 6) is 1.21. The average Bonchev–Trinajstić information content (AvgIpc) is 2.26. The Kier molecular flexibility index (Phi) is 6.35. The first kappa shape index (κ1) is 13.1. The van der Waals surface area contributed by atoms with Crippen LogP contribution in [-0.2, 0) is 0 Å². The lowest BCUT2D eigenvalue weighted by molar-refractivity contribution is 0.600. The van der Waals surface area contributed by atoms with Crippen LogP contribution in [0.15, 0.2) is 28.7 Å². The summed E-state index contributed by atoms with van der Waals surface area (Å²) < 4.78 is 1.19. The van der Waals surface area contributed by atoms with Crippen LogP contribution in [0.2, 0.25) is 0 Å². The van der Waals surface area contributed by atoms with Gasteiger partial charge in [-0.1, -0.05) is 60.3 Å². The van der Waals surface area contributed by atoms with E-state index in [1.807, 2.05) is 6.07 Å². The predicted molar refractivity (Wildman–Crippen MR) is 71.7 cm³/mol. The number of hydrogen-bond donors (Lipinski definition) is 0. The SMILES string of the molecule is CCCCCC(CCl)c1ccccc1Br. The van der Waals surface area contributed by atoms with Gasteiger partial charge in [0.25, 0.3) is 0 Å². The van der Waals surface area contributed by atoms with Crippen molar-refractivity contribution in [2.75, 3.05) is 5.88 Å². The lowest BCUT2D eigenvalue weighted by Gasteiger charge is -2.15. The summed E-state index contributed by atoms with van der Waals surface area (Å²) in [6, 6.07) is 8.39. The van der Waals surface area contributed by atoms with Crippen LogP contribution in [-0.4, -0.2) is 5.88 Å². The van der Waals surface area contributed by atoms with Crippen LogP contribution in [0.1, 0.15) is 44.1 Å². The Morgan fingerprint density at radius 1 is 1.27 bits per heavy atom. The van der Waals surface area contributed by atoms with E-state index in [0.717, 1.165) is 0 Å². The van der Waals surface area contributed by atoms with E-state index in [4.69, 9.17) is 11.6 Å². The molecule has 2 heteroatoms. The third kappa shape index (κ3) is 4.16. The van der Waals surface area contributed by atoms with E-state index in [2.05, 4.69) is 41.1 Å². The Bertz CT molecular complexity index is 286. The molecule has 84 valence electrons. The zero-order valence-corrected chi connectivity index (χ0v) is 11.5. The fraction of sp³-hybridized carbons (Fsp3) is 0.538. The van der Waals surface area contributed by atoms with Crippen LogP contribution >= 0.6 is 27.5 Å². The smallest absolute Gasteiger partial charge is 0.0292 e. The van der Waals surface area contributed by atoms with E-state index < -0.39 is 0 Å². The second-order valence-corrected chi connectivity index (χ2v) is 5.03. The molecule has 0 saturated carbocycles. The van der Waals surface area contributed by atoms with E-state index in [1.54, 1.807) is 0 Å². The maximum absolute atomic E-state index is 6.03. The molecule has 0 bridgehead atoms. The fourth-order valence-electron chi connectivity index (χ4n) is 1.76. The molecule has 1 aromatic carbocycles. The van der Waals surface area contributed by atoms with Crippen LogP contribution in [0.4, 0.5) is 0 Å². The summed E-state index contributed by atoms with van der Waals surface area (Å²) in [6.45, 7) is 2.23. The van der Waals surface area contributed by atoms with Gasteiger partial charge in [0, 0.05) is 10.4 Å². The number of hydrogen-bond acceptors (Lipinski definition) is 0. The summed E-state index contributed by atoms with van der Waals surface area (Å²) in [5, 5.41) is 0. The molecule has 0 spiro atoms. The van der Waals surface area contributed by atoms with Crippen molar-refractivity contribution in [3.63, 3.8) is 0 Å². The third-order valence-corrected chi connectivity index (χ3v) is 3.78. The van der Waals surface area contributed by atoms with Crippen molar-refractivity contribution in [3.8, 4) is 0 Å². The standard InChI is InChI=1S/C13H18BrCl/c1-2-3-4-7-11(10-15)12-8-5-6-9-13(12)14/h5-6,8-9,11H,2-4,7,10H2,1H3. The van der Waals surface area contributed by atoms with Gasteiger partial charge in [0.15, 0.2) is 0 Å². The van der Waals surface area contributed by atoms with Gasteiger partial charge in [-0.05, 0) is 24.0 Å². The largest absolute Gasteiger partial charge is 0.126 e. The molecule has 1 rings (SSSR count). The van der Waals surface area contributed by atoms with Crippen LogP contribution in [0, 0.1) is 0 Å². The van der Waals surface area contributed by atoms with Gasteiger partial charge in [0.2, 0.25) is 0 Å². The van der Waals surface area contributed by atoms with E-state index in [9.17, 15) is 0 Å². The predicted octanol–water partition coefficient (Wildman–Crippen LogP) is 5.35. The Balaban J connectivity index is 2.61. The second-order valence-electron chi connectivity index (χ2n) is 3.87. The maximum atomic E-state index is 6.03. The van der Waals surface area contributed by atoms with Gasteiger partial charge in [-0.15, -0.1) is 11.6 Å². The molecule has 0 nitrogen and oxygen atoms in total. The van der Waals surface area contributed by atoms with Gasteiger partial charge >= 0.3 is 0 Å². The lowest BCUT2D eigenvalue weighted by atomic mass is 9.95. The minimum absolute atomic E-state index is 0.494. The maximum Gasteiger partial charge on any atom is 0.0292 e. The van der Waals surface area contributed by atoms with Gasteiger partial charge in [-0.2, -0.15) is 0 Å². The molecule has 0 aliphatic heterocycles. The van der Waals surface area contributed by atoms with Crippen molar-refractivity contribution in [1.29, 1.82) is 0 Å². The molecule has 0 N–H and O–H groups in total. The minimum Gasteiger partial charge on any atom is -0.126 e. The first-order valence-electron chi connectivity index (χ1n) is 5.60. The van der Waals surface area contributed by atoms with Gasteiger partial charge in [0.1, 0.15) is 0 Å². The Labute approximate surface area is 106 Å². The van der Waals surface area contributed by atoms with Gasteiger partial charge in [-0.25, -0.2) is 0 Å². The van der Waals surface area contributed by atoms with Crippen molar-refractivity contribution < 1.29 is 0 Å². The summed E-state index contributed by atoms with van der Waals surface area (Å²) in [6.07, 6.45) is 5.04. The molecule has 1 atom stereocenters.